The number of hydrogen-bond acceptors (Lipinski definition) is 5. The highest BCUT2D eigenvalue weighted by molar-refractivity contribution is 7.59. The van der Waals surface area contributed by atoms with Gasteiger partial charge in [-0.3, -0.25) is 14.6 Å². The lowest BCUT2D eigenvalue weighted by Crippen LogP contribution is -2.62. The van der Waals surface area contributed by atoms with Crippen molar-refractivity contribution in [1.29, 1.82) is 0 Å². The van der Waals surface area contributed by atoms with E-state index in [1.165, 1.54) is 5.01 Å². The van der Waals surface area contributed by atoms with Crippen molar-refractivity contribution >= 4 is 38.7 Å². The Morgan fingerprint density at radius 2 is 1.96 bits per heavy atom. The van der Waals surface area contributed by atoms with E-state index in [0.717, 1.165) is 12.0 Å². The molecule has 2 saturated heterocycles. The number of benzene rings is 1. The van der Waals surface area contributed by atoms with Crippen molar-refractivity contribution < 1.29 is 19.1 Å². The third-order valence-electron chi connectivity index (χ3n) is 4.60. The summed E-state index contributed by atoms with van der Waals surface area (Å²) in [5.74, 6) is 0.0796. The van der Waals surface area contributed by atoms with Crippen molar-refractivity contribution in [1.82, 2.24) is 10.4 Å². The maximum Gasteiger partial charge on any atom is 0.266 e. The Kier molecular flexibility index (Phi) is 12.0. The fourth-order valence-corrected chi connectivity index (χ4v) is 3.36. The Labute approximate surface area is 182 Å². The molecule has 0 saturated carbocycles. The van der Waals surface area contributed by atoms with E-state index in [1.807, 2.05) is 30.3 Å². The van der Waals surface area contributed by atoms with Crippen LogP contribution in [0.25, 0.3) is 0 Å². The number of hydrazine groups is 1. The highest BCUT2D eigenvalue weighted by Crippen LogP contribution is 2.24. The lowest BCUT2D eigenvalue weighted by Gasteiger charge is -2.37. The number of amides is 1. The molecule has 1 N–H and O–H groups in total. The summed E-state index contributed by atoms with van der Waals surface area (Å²) in [6.07, 6.45) is 0.558. The van der Waals surface area contributed by atoms with Gasteiger partial charge >= 0.3 is 0 Å². The molecule has 28 heavy (non-hydrogen) atoms. The molecule has 0 bridgehead atoms. The third kappa shape index (κ3) is 6.49. The molecule has 2 aliphatic heterocycles. The van der Waals surface area contributed by atoms with E-state index in [1.54, 1.807) is 0 Å². The van der Waals surface area contributed by atoms with Gasteiger partial charge in [-0.2, -0.15) is 27.0 Å². The number of nitrogens with zero attached hydrogens (tertiary/aromatic N) is 1. The zero-order valence-corrected chi connectivity index (χ0v) is 17.8. The minimum Gasteiger partial charge on any atom is -0.368 e. The Morgan fingerprint density at radius 3 is 2.61 bits per heavy atom. The number of ether oxygens (including phenoxy) is 2. The first kappa shape index (κ1) is 26.9. The van der Waals surface area contributed by atoms with Gasteiger partial charge in [-0.1, -0.05) is 51.6 Å². The molecule has 1 aromatic carbocycles. The van der Waals surface area contributed by atoms with E-state index < -0.39 is 12.1 Å². The molecule has 0 aliphatic carbocycles. The largest absolute Gasteiger partial charge is 0.368 e. The number of nitrogens with one attached hydrogen (secondary N) is 1. The monoisotopic (exact) mass is 430 g/mol. The predicted octanol–water partition coefficient (Wildman–Crippen LogP) is 2.55. The molecule has 2 aliphatic rings. The zero-order chi connectivity index (χ0) is 17.8. The van der Waals surface area contributed by atoms with Crippen LogP contribution in [0.5, 0.6) is 0 Å². The van der Waals surface area contributed by atoms with Crippen LogP contribution in [0.1, 0.15) is 39.7 Å². The van der Waals surface area contributed by atoms with Gasteiger partial charge in [-0.25, -0.2) is 5.43 Å². The molecule has 2 fully saturated rings. The summed E-state index contributed by atoms with van der Waals surface area (Å²) < 4.78 is 11.5. The Bertz CT molecular complexity index is 615. The summed E-state index contributed by atoms with van der Waals surface area (Å²) in [5, 5.41) is 1.46. The average molecular weight is 431 g/mol. The van der Waals surface area contributed by atoms with Crippen molar-refractivity contribution in [2.75, 3.05) is 13.2 Å². The lowest BCUT2D eigenvalue weighted by atomic mass is 10.0. The van der Waals surface area contributed by atoms with Gasteiger partial charge in [0, 0.05) is 6.54 Å². The average Bonchev–Trinajstić information content (AvgIpc) is 3.00. The number of Topliss-reactive ketones (excluding diaryl/α,β-unsaturated/α-hetero) is 1. The first-order valence-electron chi connectivity index (χ1n) is 8.92. The molecule has 2 heterocycles. The minimum atomic E-state index is -0.583. The number of ketones is 1. The Balaban J connectivity index is 0.00000243. The molecule has 3 rings (SSSR count). The summed E-state index contributed by atoms with van der Waals surface area (Å²) >= 11 is 0. The van der Waals surface area contributed by atoms with Crippen molar-refractivity contribution in [3.05, 3.63) is 35.9 Å². The van der Waals surface area contributed by atoms with Crippen molar-refractivity contribution in [2.24, 2.45) is 5.92 Å². The second kappa shape index (κ2) is 12.5. The van der Waals surface area contributed by atoms with Gasteiger partial charge in [0.1, 0.15) is 18.8 Å². The molecule has 1 aromatic rings. The highest BCUT2D eigenvalue weighted by Gasteiger charge is 2.46. The normalized spacial score (nSPS) is 21.8. The van der Waals surface area contributed by atoms with E-state index in [9.17, 15) is 9.59 Å². The van der Waals surface area contributed by atoms with Crippen LogP contribution in [0.3, 0.4) is 0 Å². The number of carbonyl (C=O) groups excluding carboxylic acids is 2. The van der Waals surface area contributed by atoms with E-state index in [2.05, 4.69) is 19.3 Å². The molecule has 0 radical (unpaired) electrons. The molecule has 0 spiro atoms. The summed E-state index contributed by atoms with van der Waals surface area (Å²) in [6, 6.07) is 9.26. The van der Waals surface area contributed by atoms with Crippen molar-refractivity contribution in [2.45, 2.75) is 59.0 Å². The molecular formula is C20H34N2O4S2. The summed E-state index contributed by atoms with van der Waals surface area (Å²) in [6.45, 7) is 5.19. The van der Waals surface area contributed by atoms with Crippen LogP contribution in [-0.2, 0) is 25.7 Å². The van der Waals surface area contributed by atoms with E-state index >= 15 is 0 Å². The standard InChI is InChI=1S/C19H26N2O4.CH4.2H2S/c1-13(2)10-17(24-11-14-6-4-3-5-7-14)19(23)21-18-15(22)12-25-16(18)8-9-20-21;;;/h3-7,13,16-18,20H,8-12H2,1-2H3;1H4;2*1H2/t16-,17+,18-;;;/m1.../s1. The molecule has 0 aromatic heterocycles. The van der Waals surface area contributed by atoms with Gasteiger partial charge in [0.25, 0.3) is 5.91 Å². The maximum atomic E-state index is 13.1. The van der Waals surface area contributed by atoms with Gasteiger partial charge in [0.05, 0.1) is 12.7 Å². The SMILES string of the molecule is C.CC(C)C[C@H](OCc1ccccc1)C(=O)N1NCC[C@H]2OCC(=O)[C@H]21.S.S. The molecular weight excluding hydrogens is 396 g/mol. The molecule has 0 unspecified atom stereocenters. The number of fused-ring (bicyclic) bond motifs is 1. The highest BCUT2D eigenvalue weighted by atomic mass is 32.1. The van der Waals surface area contributed by atoms with Gasteiger partial charge in [-0.05, 0) is 24.3 Å². The molecule has 1 amide bonds. The molecule has 160 valence electrons. The number of hydrogen-bond donors (Lipinski definition) is 1. The first-order valence-corrected chi connectivity index (χ1v) is 8.92. The molecule has 8 heteroatoms. The zero-order valence-electron chi connectivity index (χ0n) is 15.8. The quantitative estimate of drug-likeness (QED) is 0.751. The molecule has 6 nitrogen and oxygen atoms in total. The fraction of sp³-hybridized carbons (Fsp3) is 0.600. The van der Waals surface area contributed by atoms with Crippen molar-refractivity contribution in [3.63, 3.8) is 0 Å². The second-order valence-electron chi connectivity index (χ2n) is 7.08. The van der Waals surface area contributed by atoms with Crippen LogP contribution in [-0.4, -0.2) is 48.1 Å². The number of rotatable bonds is 6. The van der Waals surface area contributed by atoms with E-state index in [4.69, 9.17) is 9.47 Å². The number of carbonyl (C=O) groups is 2. The van der Waals surface area contributed by atoms with Crippen LogP contribution in [0.2, 0.25) is 0 Å². The Hall–Kier alpha value is -1.06. The van der Waals surface area contributed by atoms with Crippen molar-refractivity contribution in [3.8, 4) is 0 Å². The smallest absolute Gasteiger partial charge is 0.266 e. The van der Waals surface area contributed by atoms with Crippen LogP contribution in [0.4, 0.5) is 0 Å². The van der Waals surface area contributed by atoms with Gasteiger partial charge in [-0.15, -0.1) is 0 Å². The first-order chi connectivity index (χ1) is 12.1. The summed E-state index contributed by atoms with van der Waals surface area (Å²) in [4.78, 5) is 25.2. The van der Waals surface area contributed by atoms with Crippen LogP contribution < -0.4 is 5.43 Å². The second-order valence-corrected chi connectivity index (χ2v) is 7.08. The lowest BCUT2D eigenvalue weighted by molar-refractivity contribution is -0.158. The summed E-state index contributed by atoms with van der Waals surface area (Å²) in [5.41, 5.74) is 4.10. The minimum absolute atomic E-state index is 0. The van der Waals surface area contributed by atoms with Crippen LogP contribution >= 0.6 is 27.0 Å². The third-order valence-corrected chi connectivity index (χ3v) is 4.60. The van der Waals surface area contributed by atoms with Gasteiger partial charge < -0.3 is 9.47 Å². The summed E-state index contributed by atoms with van der Waals surface area (Å²) in [7, 11) is 0. The van der Waals surface area contributed by atoms with Crippen LogP contribution in [0.15, 0.2) is 30.3 Å². The maximum absolute atomic E-state index is 13.1. The van der Waals surface area contributed by atoms with Crippen LogP contribution in [0, 0.1) is 5.92 Å². The van der Waals surface area contributed by atoms with E-state index in [0.29, 0.717) is 25.5 Å². The molecule has 3 atom stereocenters. The fourth-order valence-electron chi connectivity index (χ4n) is 3.36. The van der Waals surface area contributed by atoms with E-state index in [-0.39, 0.29) is 58.8 Å². The van der Waals surface area contributed by atoms with Gasteiger partial charge in [0.15, 0.2) is 5.78 Å². The predicted molar refractivity (Wildman–Crippen MR) is 120 cm³/mol. The Morgan fingerprint density at radius 1 is 1.29 bits per heavy atom. The topological polar surface area (TPSA) is 67.9 Å². The van der Waals surface area contributed by atoms with Gasteiger partial charge in [0.2, 0.25) is 0 Å².